The van der Waals surface area contributed by atoms with Crippen LogP contribution in [0.25, 0.3) is 0 Å². The second-order valence-corrected chi connectivity index (χ2v) is 9.05. The smallest absolute Gasteiger partial charge is 0.872 e. The molecule has 7 heteroatoms. The second kappa shape index (κ2) is 14.9. The monoisotopic (exact) mass is 456 g/mol. The van der Waals surface area contributed by atoms with Crippen LogP contribution < -0.4 is 39.4 Å². The van der Waals surface area contributed by atoms with Crippen molar-refractivity contribution in [3.63, 3.8) is 0 Å². The Hall–Kier alpha value is -1.05. The van der Waals surface area contributed by atoms with E-state index in [-0.39, 0.29) is 46.6 Å². The standard InChI is InChI=1S/C24H34O5S.Na/c1-2-3-4-5-6-7-8-9-10-14-17-21-22(25)18-19-23(24(21)30(26,27)28)29-20-15-12-11-13-16-20;/h11-13,15-16,18-19,25H,2-10,14,17H2,1H3,(H,26,27,28);/q;+1/p-1. The van der Waals surface area contributed by atoms with Crippen molar-refractivity contribution in [2.24, 2.45) is 0 Å². The summed E-state index contributed by atoms with van der Waals surface area (Å²) in [6.07, 6.45) is 11.8. The van der Waals surface area contributed by atoms with E-state index < -0.39 is 15.0 Å². The van der Waals surface area contributed by atoms with Gasteiger partial charge in [0.2, 0.25) is 0 Å². The largest absolute Gasteiger partial charge is 1.00 e. The molecule has 0 aliphatic carbocycles. The van der Waals surface area contributed by atoms with Gasteiger partial charge in [0.25, 0.3) is 10.1 Å². The van der Waals surface area contributed by atoms with Crippen LogP contribution in [0, 0.1) is 0 Å². The van der Waals surface area contributed by atoms with Gasteiger partial charge in [-0.15, -0.1) is 5.75 Å². The first-order valence-corrected chi connectivity index (χ1v) is 12.4. The molecule has 0 aliphatic rings. The Morgan fingerprint density at radius 3 is 1.94 bits per heavy atom. The number of benzene rings is 2. The van der Waals surface area contributed by atoms with Crippen LogP contribution in [-0.2, 0) is 16.5 Å². The summed E-state index contributed by atoms with van der Waals surface area (Å²) in [6.45, 7) is 2.21. The number of hydrogen-bond acceptors (Lipinski definition) is 4. The number of para-hydroxylation sites is 1. The molecule has 2 aromatic carbocycles. The Balaban J connectivity index is 0.00000480. The number of ether oxygens (including phenoxy) is 1. The fourth-order valence-corrected chi connectivity index (χ4v) is 4.47. The topological polar surface area (TPSA) is 86.7 Å². The third-order valence-corrected chi connectivity index (χ3v) is 6.15. The number of rotatable bonds is 14. The van der Waals surface area contributed by atoms with E-state index >= 15 is 0 Å². The molecule has 0 atom stereocenters. The summed E-state index contributed by atoms with van der Waals surface area (Å²) >= 11 is 0. The van der Waals surface area contributed by atoms with E-state index in [1.165, 1.54) is 50.7 Å². The average Bonchev–Trinajstić information content (AvgIpc) is 2.71. The SMILES string of the molecule is CCCCCCCCCCCCc1c([O-])ccc(Oc2ccccc2)c1S(=O)(=O)O.[Na+]. The van der Waals surface area contributed by atoms with E-state index in [0.717, 1.165) is 19.3 Å². The summed E-state index contributed by atoms with van der Waals surface area (Å²) in [7, 11) is -4.59. The molecule has 166 valence electrons. The van der Waals surface area contributed by atoms with Crippen molar-refractivity contribution in [1.82, 2.24) is 0 Å². The summed E-state index contributed by atoms with van der Waals surface area (Å²) in [6, 6.07) is 11.3. The van der Waals surface area contributed by atoms with Crippen LogP contribution in [0.15, 0.2) is 47.4 Å². The van der Waals surface area contributed by atoms with Gasteiger partial charge in [-0.2, -0.15) is 8.42 Å². The quantitative estimate of drug-likeness (QED) is 0.268. The summed E-state index contributed by atoms with van der Waals surface area (Å²) in [4.78, 5) is -0.408. The predicted molar refractivity (Wildman–Crippen MR) is 118 cm³/mol. The maximum absolute atomic E-state index is 12.4. The Morgan fingerprint density at radius 1 is 0.839 bits per heavy atom. The molecule has 0 fully saturated rings. The zero-order valence-corrected chi connectivity index (χ0v) is 21.6. The van der Waals surface area contributed by atoms with Gasteiger partial charge in [0.1, 0.15) is 16.4 Å². The zero-order chi connectivity index (χ0) is 21.8. The minimum absolute atomic E-state index is 0. The van der Waals surface area contributed by atoms with Gasteiger partial charge in [-0.3, -0.25) is 4.55 Å². The molecular formula is C24H33NaO5S. The van der Waals surface area contributed by atoms with Crippen LogP contribution in [0.5, 0.6) is 17.2 Å². The second-order valence-electron chi connectivity index (χ2n) is 7.69. The van der Waals surface area contributed by atoms with Crippen LogP contribution in [0.4, 0.5) is 0 Å². The molecule has 0 saturated heterocycles. The van der Waals surface area contributed by atoms with Gasteiger partial charge in [0, 0.05) is 0 Å². The molecule has 0 saturated carbocycles. The van der Waals surface area contributed by atoms with Gasteiger partial charge < -0.3 is 9.84 Å². The van der Waals surface area contributed by atoms with E-state index in [1.807, 2.05) is 6.07 Å². The molecule has 0 aromatic heterocycles. The fraction of sp³-hybridized carbons (Fsp3) is 0.500. The molecule has 0 spiro atoms. The van der Waals surface area contributed by atoms with Gasteiger partial charge in [0.15, 0.2) is 0 Å². The molecule has 0 bridgehead atoms. The summed E-state index contributed by atoms with van der Waals surface area (Å²) in [5.41, 5.74) is 0.102. The first-order chi connectivity index (χ1) is 14.4. The Bertz CT molecular complexity index is 869. The van der Waals surface area contributed by atoms with Crippen LogP contribution in [0.2, 0.25) is 0 Å². The minimum Gasteiger partial charge on any atom is -0.872 e. The molecule has 0 unspecified atom stereocenters. The molecule has 2 aromatic rings. The van der Waals surface area contributed by atoms with Crippen molar-refractivity contribution in [3.05, 3.63) is 48.0 Å². The Kier molecular flexibility index (Phi) is 13.5. The van der Waals surface area contributed by atoms with Crippen molar-refractivity contribution in [2.75, 3.05) is 0 Å². The maximum atomic E-state index is 12.4. The maximum Gasteiger partial charge on any atom is 1.00 e. The van der Waals surface area contributed by atoms with E-state index in [0.29, 0.717) is 18.6 Å². The third kappa shape index (κ3) is 9.96. The molecule has 5 nitrogen and oxygen atoms in total. The van der Waals surface area contributed by atoms with Crippen molar-refractivity contribution >= 4 is 10.1 Å². The van der Waals surface area contributed by atoms with Crippen LogP contribution in [0.1, 0.15) is 76.7 Å². The average molecular weight is 457 g/mol. The normalized spacial score (nSPS) is 11.2. The van der Waals surface area contributed by atoms with Gasteiger partial charge in [-0.1, -0.05) is 89.0 Å². The molecule has 0 heterocycles. The summed E-state index contributed by atoms with van der Waals surface area (Å²) in [5, 5.41) is 12.4. The molecule has 0 aliphatic heterocycles. The van der Waals surface area contributed by atoms with Gasteiger partial charge in [-0.25, -0.2) is 0 Å². The van der Waals surface area contributed by atoms with Crippen LogP contribution >= 0.6 is 0 Å². The first kappa shape index (κ1) is 28.0. The molecule has 0 amide bonds. The van der Waals surface area contributed by atoms with Gasteiger partial charge in [-0.05, 0) is 36.6 Å². The van der Waals surface area contributed by atoms with E-state index in [2.05, 4.69) is 6.92 Å². The zero-order valence-electron chi connectivity index (χ0n) is 18.8. The van der Waals surface area contributed by atoms with Crippen molar-refractivity contribution in [1.29, 1.82) is 0 Å². The number of hydrogen-bond donors (Lipinski definition) is 1. The van der Waals surface area contributed by atoms with Crippen molar-refractivity contribution in [2.45, 2.75) is 82.4 Å². The minimum atomic E-state index is -4.59. The van der Waals surface area contributed by atoms with Gasteiger partial charge >= 0.3 is 29.6 Å². The van der Waals surface area contributed by atoms with Gasteiger partial charge in [0.05, 0.1) is 0 Å². The van der Waals surface area contributed by atoms with Crippen molar-refractivity contribution < 1.29 is 52.4 Å². The molecule has 31 heavy (non-hydrogen) atoms. The van der Waals surface area contributed by atoms with Crippen molar-refractivity contribution in [3.8, 4) is 17.2 Å². The Morgan fingerprint density at radius 2 is 1.39 bits per heavy atom. The predicted octanol–water partition coefficient (Wildman–Crippen LogP) is 3.27. The number of unbranched alkanes of at least 4 members (excludes halogenated alkanes) is 9. The van der Waals surface area contributed by atoms with E-state index in [1.54, 1.807) is 24.3 Å². The summed E-state index contributed by atoms with van der Waals surface area (Å²) < 4.78 is 39.5. The fourth-order valence-electron chi connectivity index (χ4n) is 3.59. The third-order valence-electron chi connectivity index (χ3n) is 5.19. The molecule has 1 N–H and O–H groups in total. The van der Waals surface area contributed by atoms with Crippen LogP contribution in [-0.4, -0.2) is 13.0 Å². The molecule has 0 radical (unpaired) electrons. The molecular weight excluding hydrogens is 423 g/mol. The first-order valence-electron chi connectivity index (χ1n) is 11.0. The molecule has 2 rings (SSSR count). The van der Waals surface area contributed by atoms with E-state index in [9.17, 15) is 18.1 Å². The van der Waals surface area contributed by atoms with E-state index in [4.69, 9.17) is 4.74 Å². The van der Waals surface area contributed by atoms with Crippen LogP contribution in [0.3, 0.4) is 0 Å². The Labute approximate surface area is 209 Å². The summed E-state index contributed by atoms with van der Waals surface area (Å²) in [5.74, 6) is 0.0234.